The molecule has 1 aromatic carbocycles. The molecule has 1 aliphatic heterocycles. The van der Waals surface area contributed by atoms with Gasteiger partial charge in [-0.2, -0.15) is 0 Å². The molecule has 106 valence electrons. The summed E-state index contributed by atoms with van der Waals surface area (Å²) in [6, 6.07) is 8.33. The van der Waals surface area contributed by atoms with Crippen molar-refractivity contribution in [3.63, 3.8) is 0 Å². The summed E-state index contributed by atoms with van der Waals surface area (Å²) in [6.45, 7) is 6.57. The Kier molecular flexibility index (Phi) is 5.39. The molecule has 4 heteroatoms. The van der Waals surface area contributed by atoms with Gasteiger partial charge < -0.3 is 10.2 Å². The first-order chi connectivity index (χ1) is 8.51. The predicted molar refractivity (Wildman–Crippen MR) is 80.5 cm³/mol. The van der Waals surface area contributed by atoms with E-state index in [-0.39, 0.29) is 23.7 Å². The van der Waals surface area contributed by atoms with Crippen molar-refractivity contribution in [1.82, 2.24) is 10.2 Å². The molecule has 3 nitrogen and oxygen atoms in total. The highest BCUT2D eigenvalue weighted by atomic mass is 35.5. The number of amides is 1. The highest BCUT2D eigenvalue weighted by Crippen LogP contribution is 2.27. The first-order valence-electron chi connectivity index (χ1n) is 6.53. The SMILES string of the molecule is Cc1cccc(CN(C)C(=O)C2(C)CCNC2)c1.Cl. The van der Waals surface area contributed by atoms with E-state index in [9.17, 15) is 4.79 Å². The fourth-order valence-corrected chi connectivity index (χ4v) is 2.62. The van der Waals surface area contributed by atoms with E-state index in [0.29, 0.717) is 6.54 Å². The molecule has 2 rings (SSSR count). The lowest BCUT2D eigenvalue weighted by molar-refractivity contribution is -0.139. The van der Waals surface area contributed by atoms with Gasteiger partial charge in [-0.3, -0.25) is 4.79 Å². The van der Waals surface area contributed by atoms with Crippen LogP contribution in [0.5, 0.6) is 0 Å². The number of aryl methyl sites for hydroxylation is 1. The average molecular weight is 283 g/mol. The van der Waals surface area contributed by atoms with Gasteiger partial charge in [-0.1, -0.05) is 29.8 Å². The van der Waals surface area contributed by atoms with Crippen LogP contribution in [0.15, 0.2) is 24.3 Å². The fourth-order valence-electron chi connectivity index (χ4n) is 2.62. The number of carbonyl (C=O) groups excluding carboxylic acids is 1. The minimum atomic E-state index is -0.224. The summed E-state index contributed by atoms with van der Waals surface area (Å²) in [5.41, 5.74) is 2.21. The number of hydrogen-bond donors (Lipinski definition) is 1. The molecule has 1 N–H and O–H groups in total. The normalized spacial score (nSPS) is 21.8. The summed E-state index contributed by atoms with van der Waals surface area (Å²) in [6.07, 6.45) is 0.935. The van der Waals surface area contributed by atoms with Crippen LogP contribution in [0.4, 0.5) is 0 Å². The van der Waals surface area contributed by atoms with E-state index >= 15 is 0 Å². The Labute approximate surface area is 121 Å². The van der Waals surface area contributed by atoms with Crippen molar-refractivity contribution in [2.24, 2.45) is 5.41 Å². The maximum Gasteiger partial charge on any atom is 0.229 e. The summed E-state index contributed by atoms with van der Waals surface area (Å²) in [4.78, 5) is 14.3. The molecule has 1 unspecified atom stereocenters. The molecule has 1 aromatic rings. The Bertz CT molecular complexity index is 442. The molecule has 1 amide bonds. The minimum Gasteiger partial charge on any atom is -0.341 e. The number of halogens is 1. The summed E-state index contributed by atoms with van der Waals surface area (Å²) < 4.78 is 0. The summed E-state index contributed by atoms with van der Waals surface area (Å²) in [7, 11) is 1.90. The van der Waals surface area contributed by atoms with E-state index in [2.05, 4.69) is 37.4 Å². The third-order valence-electron chi connectivity index (χ3n) is 3.73. The third-order valence-corrected chi connectivity index (χ3v) is 3.73. The first kappa shape index (κ1) is 16.0. The van der Waals surface area contributed by atoms with Crippen molar-refractivity contribution in [2.45, 2.75) is 26.8 Å². The highest BCUT2D eigenvalue weighted by molar-refractivity contribution is 5.85. The van der Waals surface area contributed by atoms with Gasteiger partial charge in [0.05, 0.1) is 5.41 Å². The largest absolute Gasteiger partial charge is 0.341 e. The van der Waals surface area contributed by atoms with Crippen molar-refractivity contribution >= 4 is 18.3 Å². The zero-order chi connectivity index (χ0) is 13.2. The van der Waals surface area contributed by atoms with Gasteiger partial charge in [0.2, 0.25) is 5.91 Å². The Balaban J connectivity index is 0.00000180. The Morgan fingerprint density at radius 1 is 1.47 bits per heavy atom. The monoisotopic (exact) mass is 282 g/mol. The molecule has 0 bridgehead atoms. The van der Waals surface area contributed by atoms with Gasteiger partial charge in [0.15, 0.2) is 0 Å². The summed E-state index contributed by atoms with van der Waals surface area (Å²) in [5.74, 6) is 0.244. The van der Waals surface area contributed by atoms with Gasteiger partial charge in [0.1, 0.15) is 0 Å². The van der Waals surface area contributed by atoms with E-state index in [4.69, 9.17) is 0 Å². The molecule has 0 radical (unpaired) electrons. The Morgan fingerprint density at radius 3 is 2.79 bits per heavy atom. The molecule has 0 spiro atoms. The van der Waals surface area contributed by atoms with Crippen molar-refractivity contribution in [1.29, 1.82) is 0 Å². The molecular formula is C15H23ClN2O. The molecule has 1 fully saturated rings. The quantitative estimate of drug-likeness (QED) is 0.923. The molecule has 0 aliphatic carbocycles. The second-order valence-electron chi connectivity index (χ2n) is 5.64. The number of carbonyl (C=O) groups is 1. The van der Waals surface area contributed by atoms with Crippen molar-refractivity contribution in [3.05, 3.63) is 35.4 Å². The number of benzene rings is 1. The lowest BCUT2D eigenvalue weighted by Gasteiger charge is -2.28. The molecule has 1 atom stereocenters. The van der Waals surface area contributed by atoms with Crippen LogP contribution in [-0.4, -0.2) is 30.9 Å². The standard InChI is InChI=1S/C15H22N2O.ClH/c1-12-5-4-6-13(9-12)10-17(3)14(18)15(2)7-8-16-11-15;/h4-6,9,16H,7-8,10-11H2,1-3H3;1H. The number of nitrogens with zero attached hydrogens (tertiary/aromatic N) is 1. The van der Waals surface area contributed by atoms with Crippen LogP contribution in [-0.2, 0) is 11.3 Å². The smallest absolute Gasteiger partial charge is 0.229 e. The predicted octanol–water partition coefficient (Wildman–Crippen LogP) is 2.37. The summed E-state index contributed by atoms with van der Waals surface area (Å²) >= 11 is 0. The molecule has 1 heterocycles. The van der Waals surface area contributed by atoms with Gasteiger partial charge in [-0.15, -0.1) is 12.4 Å². The van der Waals surface area contributed by atoms with Crippen LogP contribution in [0.2, 0.25) is 0 Å². The van der Waals surface area contributed by atoms with Crippen LogP contribution in [0.3, 0.4) is 0 Å². The van der Waals surface area contributed by atoms with E-state index in [0.717, 1.165) is 19.5 Å². The number of nitrogens with one attached hydrogen (secondary N) is 1. The van der Waals surface area contributed by atoms with E-state index < -0.39 is 0 Å². The van der Waals surface area contributed by atoms with Gasteiger partial charge in [-0.05, 0) is 32.4 Å². The lowest BCUT2D eigenvalue weighted by atomic mass is 9.88. The van der Waals surface area contributed by atoms with Crippen LogP contribution < -0.4 is 5.32 Å². The van der Waals surface area contributed by atoms with Gasteiger partial charge in [0, 0.05) is 20.1 Å². The minimum absolute atomic E-state index is 0. The summed E-state index contributed by atoms with van der Waals surface area (Å²) in [5, 5.41) is 3.27. The van der Waals surface area contributed by atoms with Crippen LogP contribution >= 0.6 is 12.4 Å². The second kappa shape index (κ2) is 6.40. The van der Waals surface area contributed by atoms with E-state index in [1.54, 1.807) is 0 Å². The number of hydrogen-bond acceptors (Lipinski definition) is 2. The molecule has 0 saturated carbocycles. The topological polar surface area (TPSA) is 32.3 Å². The lowest BCUT2D eigenvalue weighted by Crippen LogP contribution is -2.41. The number of rotatable bonds is 3. The van der Waals surface area contributed by atoms with Crippen LogP contribution in [0.25, 0.3) is 0 Å². The van der Waals surface area contributed by atoms with E-state index in [1.807, 2.05) is 18.0 Å². The zero-order valence-electron chi connectivity index (χ0n) is 11.9. The Morgan fingerprint density at radius 2 is 2.21 bits per heavy atom. The van der Waals surface area contributed by atoms with Gasteiger partial charge in [-0.25, -0.2) is 0 Å². The zero-order valence-corrected chi connectivity index (χ0v) is 12.7. The van der Waals surface area contributed by atoms with Gasteiger partial charge >= 0.3 is 0 Å². The first-order valence-corrected chi connectivity index (χ1v) is 6.53. The molecule has 1 aliphatic rings. The molecule has 0 aromatic heterocycles. The van der Waals surface area contributed by atoms with E-state index in [1.165, 1.54) is 11.1 Å². The van der Waals surface area contributed by atoms with Crippen LogP contribution in [0, 0.1) is 12.3 Å². The second-order valence-corrected chi connectivity index (χ2v) is 5.64. The average Bonchev–Trinajstić information content (AvgIpc) is 2.76. The fraction of sp³-hybridized carbons (Fsp3) is 0.533. The third kappa shape index (κ3) is 3.71. The van der Waals surface area contributed by atoms with Gasteiger partial charge in [0.25, 0.3) is 0 Å². The molecular weight excluding hydrogens is 260 g/mol. The molecule has 1 saturated heterocycles. The maximum absolute atomic E-state index is 12.4. The molecule has 19 heavy (non-hydrogen) atoms. The van der Waals surface area contributed by atoms with Crippen molar-refractivity contribution in [3.8, 4) is 0 Å². The van der Waals surface area contributed by atoms with Crippen LogP contribution in [0.1, 0.15) is 24.5 Å². The Hall–Kier alpha value is -1.06. The highest BCUT2D eigenvalue weighted by Gasteiger charge is 2.38. The van der Waals surface area contributed by atoms with Crippen molar-refractivity contribution in [2.75, 3.05) is 20.1 Å². The van der Waals surface area contributed by atoms with Crippen molar-refractivity contribution < 1.29 is 4.79 Å². The maximum atomic E-state index is 12.4.